The number of benzene rings is 3. The van der Waals surface area contributed by atoms with Gasteiger partial charge in [0.2, 0.25) is 0 Å². The van der Waals surface area contributed by atoms with Crippen LogP contribution in [0.1, 0.15) is 22.3 Å². The minimum atomic E-state index is -0.196. The second-order valence-electron chi connectivity index (χ2n) is 7.03. The molecule has 4 heteroatoms. The molecule has 0 spiro atoms. The van der Waals surface area contributed by atoms with Crippen LogP contribution in [0.4, 0.5) is 17.1 Å². The van der Waals surface area contributed by atoms with Crippen molar-refractivity contribution in [2.45, 2.75) is 27.7 Å². The van der Waals surface area contributed by atoms with E-state index in [-0.39, 0.29) is 12.5 Å². The second-order valence-corrected chi connectivity index (χ2v) is 7.03. The Hall–Kier alpha value is -3.27. The molecular formula is C24H26N2O2. The molecule has 0 saturated carbocycles. The van der Waals surface area contributed by atoms with E-state index in [2.05, 4.69) is 23.6 Å². The maximum Gasteiger partial charge on any atom is 0.262 e. The molecule has 0 atom stereocenters. The first-order chi connectivity index (χ1) is 13.4. The molecule has 0 aromatic heterocycles. The Labute approximate surface area is 166 Å². The van der Waals surface area contributed by atoms with Gasteiger partial charge in [-0.25, -0.2) is 0 Å². The van der Waals surface area contributed by atoms with E-state index in [1.807, 2.05) is 75.4 Å². The molecule has 3 aromatic rings. The molecule has 0 unspecified atom stereocenters. The van der Waals surface area contributed by atoms with Gasteiger partial charge >= 0.3 is 0 Å². The van der Waals surface area contributed by atoms with Gasteiger partial charge in [0.25, 0.3) is 5.91 Å². The molecule has 4 nitrogen and oxygen atoms in total. The number of amides is 1. The highest BCUT2D eigenvalue weighted by Crippen LogP contribution is 2.27. The van der Waals surface area contributed by atoms with Crippen LogP contribution in [0, 0.1) is 27.7 Å². The summed E-state index contributed by atoms with van der Waals surface area (Å²) in [7, 11) is 0. The first-order valence-electron chi connectivity index (χ1n) is 9.36. The maximum atomic E-state index is 12.5. The smallest absolute Gasteiger partial charge is 0.262 e. The summed E-state index contributed by atoms with van der Waals surface area (Å²) in [6.07, 6.45) is 0. The quantitative estimate of drug-likeness (QED) is 0.583. The lowest BCUT2D eigenvalue weighted by atomic mass is 10.1. The summed E-state index contributed by atoms with van der Waals surface area (Å²) in [5.74, 6) is 0.583. The third-order valence-electron chi connectivity index (χ3n) is 4.75. The Kier molecular flexibility index (Phi) is 5.99. The SMILES string of the molecule is Cc1ccc(Nc2ccccc2NC(=O)COc2c(C)ccc(C)c2C)cc1. The zero-order valence-corrected chi connectivity index (χ0v) is 16.8. The average molecular weight is 374 g/mol. The lowest BCUT2D eigenvalue weighted by Gasteiger charge is -2.15. The van der Waals surface area contributed by atoms with Crippen LogP contribution in [0.3, 0.4) is 0 Å². The summed E-state index contributed by atoms with van der Waals surface area (Å²) < 4.78 is 5.82. The van der Waals surface area contributed by atoms with E-state index >= 15 is 0 Å². The van der Waals surface area contributed by atoms with Crippen LogP contribution >= 0.6 is 0 Å². The molecule has 0 aliphatic carbocycles. The molecule has 1 amide bonds. The van der Waals surface area contributed by atoms with Gasteiger partial charge in [0, 0.05) is 5.69 Å². The summed E-state index contributed by atoms with van der Waals surface area (Å²) in [5.41, 5.74) is 6.96. The number of aryl methyl sites for hydroxylation is 3. The van der Waals surface area contributed by atoms with Crippen molar-refractivity contribution in [3.63, 3.8) is 0 Å². The van der Waals surface area contributed by atoms with Crippen molar-refractivity contribution in [2.24, 2.45) is 0 Å². The minimum absolute atomic E-state index is 0.0377. The molecule has 0 heterocycles. The topological polar surface area (TPSA) is 50.4 Å². The molecule has 144 valence electrons. The first kappa shape index (κ1) is 19.5. The van der Waals surface area contributed by atoms with Crippen molar-refractivity contribution >= 4 is 23.0 Å². The number of anilines is 3. The zero-order chi connectivity index (χ0) is 20.1. The van der Waals surface area contributed by atoms with Crippen molar-refractivity contribution in [3.05, 3.63) is 82.9 Å². The van der Waals surface area contributed by atoms with Crippen LogP contribution in [0.15, 0.2) is 60.7 Å². The molecule has 28 heavy (non-hydrogen) atoms. The summed E-state index contributed by atoms with van der Waals surface area (Å²) in [4.78, 5) is 12.5. The summed E-state index contributed by atoms with van der Waals surface area (Å²) >= 11 is 0. The predicted molar refractivity (Wildman–Crippen MR) is 116 cm³/mol. The number of carbonyl (C=O) groups excluding carboxylic acids is 1. The van der Waals surface area contributed by atoms with Crippen molar-refractivity contribution in [3.8, 4) is 5.75 Å². The van der Waals surface area contributed by atoms with Crippen LogP contribution in [0.5, 0.6) is 5.75 Å². The standard InChI is InChI=1S/C24H26N2O2/c1-16-9-13-20(14-10-16)25-21-7-5-6-8-22(21)26-23(27)15-28-24-18(3)12-11-17(2)19(24)4/h5-14,25H,15H2,1-4H3,(H,26,27). The van der Waals surface area contributed by atoms with Crippen LogP contribution in [0.2, 0.25) is 0 Å². The van der Waals surface area contributed by atoms with Gasteiger partial charge in [0.1, 0.15) is 5.75 Å². The largest absolute Gasteiger partial charge is 0.483 e. The lowest BCUT2D eigenvalue weighted by Crippen LogP contribution is -2.21. The number of hydrogen-bond donors (Lipinski definition) is 2. The molecular weight excluding hydrogens is 348 g/mol. The Morgan fingerprint density at radius 2 is 1.46 bits per heavy atom. The monoisotopic (exact) mass is 374 g/mol. The van der Waals surface area contributed by atoms with Gasteiger partial charge in [-0.05, 0) is 68.7 Å². The average Bonchev–Trinajstić information content (AvgIpc) is 2.68. The van der Waals surface area contributed by atoms with E-state index in [1.165, 1.54) is 5.56 Å². The Morgan fingerprint density at radius 3 is 2.18 bits per heavy atom. The Morgan fingerprint density at radius 1 is 0.821 bits per heavy atom. The van der Waals surface area contributed by atoms with Gasteiger partial charge in [-0.15, -0.1) is 0 Å². The van der Waals surface area contributed by atoms with Gasteiger partial charge in [-0.1, -0.05) is 42.0 Å². The van der Waals surface area contributed by atoms with E-state index < -0.39 is 0 Å². The molecule has 0 aliphatic rings. The van der Waals surface area contributed by atoms with Crippen molar-refractivity contribution in [2.75, 3.05) is 17.2 Å². The zero-order valence-electron chi connectivity index (χ0n) is 16.8. The van der Waals surface area contributed by atoms with Gasteiger partial charge in [-0.2, -0.15) is 0 Å². The molecule has 0 bridgehead atoms. The van der Waals surface area contributed by atoms with E-state index in [0.717, 1.165) is 39.5 Å². The van der Waals surface area contributed by atoms with Crippen molar-refractivity contribution in [1.29, 1.82) is 0 Å². The molecule has 2 N–H and O–H groups in total. The van der Waals surface area contributed by atoms with E-state index in [4.69, 9.17) is 4.74 Å². The van der Waals surface area contributed by atoms with Crippen LogP contribution in [0.25, 0.3) is 0 Å². The number of nitrogens with one attached hydrogen (secondary N) is 2. The Bertz CT molecular complexity index is 978. The fraction of sp³-hybridized carbons (Fsp3) is 0.208. The highest BCUT2D eigenvalue weighted by molar-refractivity contribution is 5.95. The van der Waals surface area contributed by atoms with Gasteiger partial charge in [0.05, 0.1) is 11.4 Å². The molecule has 0 radical (unpaired) electrons. The normalized spacial score (nSPS) is 10.4. The number of ether oxygens (including phenoxy) is 1. The lowest BCUT2D eigenvalue weighted by molar-refractivity contribution is -0.118. The third kappa shape index (κ3) is 4.71. The van der Waals surface area contributed by atoms with Crippen molar-refractivity contribution in [1.82, 2.24) is 0 Å². The summed E-state index contributed by atoms with van der Waals surface area (Å²) in [6.45, 7) is 8.05. The third-order valence-corrected chi connectivity index (χ3v) is 4.75. The molecule has 0 aliphatic heterocycles. The predicted octanol–water partition coefficient (Wildman–Crippen LogP) is 5.68. The fourth-order valence-electron chi connectivity index (χ4n) is 2.97. The van der Waals surface area contributed by atoms with Crippen LogP contribution in [-0.2, 0) is 4.79 Å². The number of carbonyl (C=O) groups is 1. The second kappa shape index (κ2) is 8.61. The number of hydrogen-bond acceptors (Lipinski definition) is 3. The van der Waals surface area contributed by atoms with E-state index in [9.17, 15) is 4.79 Å². The van der Waals surface area contributed by atoms with Gasteiger partial charge < -0.3 is 15.4 Å². The molecule has 3 rings (SSSR count). The van der Waals surface area contributed by atoms with Gasteiger partial charge in [-0.3, -0.25) is 4.79 Å². The van der Waals surface area contributed by atoms with E-state index in [1.54, 1.807) is 0 Å². The van der Waals surface area contributed by atoms with Crippen LogP contribution < -0.4 is 15.4 Å². The van der Waals surface area contributed by atoms with E-state index in [0.29, 0.717) is 0 Å². The highest BCUT2D eigenvalue weighted by Gasteiger charge is 2.11. The molecule has 0 fully saturated rings. The highest BCUT2D eigenvalue weighted by atomic mass is 16.5. The van der Waals surface area contributed by atoms with Crippen LogP contribution in [-0.4, -0.2) is 12.5 Å². The molecule has 0 saturated heterocycles. The summed E-state index contributed by atoms with van der Waals surface area (Å²) in [6, 6.07) is 19.8. The van der Waals surface area contributed by atoms with Gasteiger partial charge in [0.15, 0.2) is 6.61 Å². The maximum absolute atomic E-state index is 12.5. The minimum Gasteiger partial charge on any atom is -0.483 e. The van der Waals surface area contributed by atoms with Crippen molar-refractivity contribution < 1.29 is 9.53 Å². The summed E-state index contributed by atoms with van der Waals surface area (Å²) in [5, 5.41) is 6.29. The number of rotatable bonds is 6. The molecule has 3 aromatic carbocycles. The Balaban J connectivity index is 1.68. The fourth-order valence-corrected chi connectivity index (χ4v) is 2.97. The first-order valence-corrected chi connectivity index (χ1v) is 9.36. The number of para-hydroxylation sites is 2.